The van der Waals surface area contributed by atoms with Gasteiger partial charge in [0.25, 0.3) is 11.5 Å². The molecule has 0 atom stereocenters. The minimum atomic E-state index is -0.665. The fourth-order valence-electron chi connectivity index (χ4n) is 3.22. The molecular formula is C22H18N2O6. The monoisotopic (exact) mass is 406 g/mol. The second-order valence-electron chi connectivity index (χ2n) is 6.36. The van der Waals surface area contributed by atoms with Crippen molar-refractivity contribution >= 4 is 34.4 Å². The van der Waals surface area contributed by atoms with E-state index in [2.05, 4.69) is 5.32 Å². The number of carbonyl (C=O) groups excluding carboxylic acids is 2. The van der Waals surface area contributed by atoms with Crippen molar-refractivity contribution in [2.75, 3.05) is 19.0 Å². The molecule has 0 aliphatic rings. The molecule has 0 unspecified atom stereocenters. The Bertz CT molecular complexity index is 1330. The Balaban J connectivity index is 1.90. The predicted octanol–water partition coefficient (Wildman–Crippen LogP) is 3.48. The predicted molar refractivity (Wildman–Crippen MR) is 110 cm³/mol. The normalized spacial score (nSPS) is 10.9. The molecular weight excluding hydrogens is 388 g/mol. The Morgan fingerprint density at radius 2 is 1.80 bits per heavy atom. The van der Waals surface area contributed by atoms with Gasteiger partial charge in [-0.05, 0) is 37.3 Å². The molecule has 2 aromatic heterocycles. The quantitative estimate of drug-likeness (QED) is 0.510. The number of ether oxygens (including phenoxy) is 2. The van der Waals surface area contributed by atoms with E-state index < -0.39 is 17.4 Å². The second-order valence-corrected chi connectivity index (χ2v) is 6.36. The van der Waals surface area contributed by atoms with Gasteiger partial charge >= 0.3 is 5.97 Å². The number of rotatable bonds is 5. The molecule has 0 saturated heterocycles. The van der Waals surface area contributed by atoms with Crippen LogP contribution in [-0.4, -0.2) is 30.0 Å². The molecule has 1 amide bonds. The third kappa shape index (κ3) is 3.18. The summed E-state index contributed by atoms with van der Waals surface area (Å²) in [4.78, 5) is 38.5. The fraction of sp³-hybridized carbons (Fsp3) is 0.136. The highest BCUT2D eigenvalue weighted by molar-refractivity contribution is 6.07. The van der Waals surface area contributed by atoms with E-state index in [1.165, 1.54) is 17.6 Å². The van der Waals surface area contributed by atoms with E-state index >= 15 is 0 Å². The van der Waals surface area contributed by atoms with Crippen LogP contribution in [0.15, 0.2) is 63.8 Å². The number of nitrogens with one attached hydrogen (secondary N) is 1. The summed E-state index contributed by atoms with van der Waals surface area (Å²) in [5.41, 5.74) is 0.603. The van der Waals surface area contributed by atoms with E-state index in [1.54, 1.807) is 55.5 Å². The van der Waals surface area contributed by atoms with Crippen LogP contribution in [0.25, 0.3) is 16.8 Å². The van der Waals surface area contributed by atoms with Gasteiger partial charge < -0.3 is 19.2 Å². The van der Waals surface area contributed by atoms with Gasteiger partial charge in [0.15, 0.2) is 5.58 Å². The van der Waals surface area contributed by atoms with Gasteiger partial charge in [-0.3, -0.25) is 9.59 Å². The first-order valence-electron chi connectivity index (χ1n) is 9.24. The van der Waals surface area contributed by atoms with E-state index in [1.807, 2.05) is 0 Å². The minimum absolute atomic E-state index is 0.0305. The zero-order valence-corrected chi connectivity index (χ0v) is 16.3. The fourth-order valence-corrected chi connectivity index (χ4v) is 3.22. The van der Waals surface area contributed by atoms with E-state index in [9.17, 15) is 14.4 Å². The number of para-hydroxylation sites is 3. The average molecular weight is 406 g/mol. The summed E-state index contributed by atoms with van der Waals surface area (Å²) in [5, 5.41) is 2.58. The topological polar surface area (TPSA) is 99.2 Å². The van der Waals surface area contributed by atoms with Crippen molar-refractivity contribution in [1.82, 2.24) is 4.40 Å². The number of hydrogen-bond acceptors (Lipinski definition) is 6. The maximum absolute atomic E-state index is 13.2. The van der Waals surface area contributed by atoms with Crippen molar-refractivity contribution in [1.29, 1.82) is 0 Å². The maximum atomic E-state index is 13.2. The molecule has 0 fully saturated rings. The van der Waals surface area contributed by atoms with Crippen LogP contribution in [0.5, 0.6) is 5.75 Å². The molecule has 4 rings (SSSR count). The van der Waals surface area contributed by atoms with Crippen molar-refractivity contribution in [3.63, 3.8) is 0 Å². The molecule has 0 spiro atoms. The second kappa shape index (κ2) is 7.75. The van der Waals surface area contributed by atoms with Crippen molar-refractivity contribution in [2.24, 2.45) is 0 Å². The highest BCUT2D eigenvalue weighted by Crippen LogP contribution is 2.25. The molecule has 0 aliphatic heterocycles. The summed E-state index contributed by atoms with van der Waals surface area (Å²) in [7, 11) is 1.45. The SMILES string of the molecule is CCOC(=O)c1cc(NC(=O)c2ccccc2OC)c(=O)n2c1oc1ccccc12. The molecule has 8 heteroatoms. The molecule has 8 nitrogen and oxygen atoms in total. The molecule has 0 saturated carbocycles. The van der Waals surface area contributed by atoms with Gasteiger partial charge in [-0.1, -0.05) is 24.3 Å². The first-order chi connectivity index (χ1) is 14.5. The number of hydrogen-bond donors (Lipinski definition) is 1. The van der Waals surface area contributed by atoms with Gasteiger partial charge in [-0.25, -0.2) is 9.20 Å². The molecule has 0 aliphatic carbocycles. The number of methoxy groups -OCH3 is 1. The summed E-state index contributed by atoms with van der Waals surface area (Å²) >= 11 is 0. The molecule has 0 radical (unpaired) electrons. The van der Waals surface area contributed by atoms with Gasteiger partial charge in [0.2, 0.25) is 5.71 Å². The van der Waals surface area contributed by atoms with Crippen LogP contribution in [0, 0.1) is 0 Å². The third-order valence-electron chi connectivity index (χ3n) is 4.56. The Morgan fingerprint density at radius 3 is 2.57 bits per heavy atom. The van der Waals surface area contributed by atoms with Gasteiger partial charge in [0.1, 0.15) is 17.0 Å². The van der Waals surface area contributed by atoms with Crippen molar-refractivity contribution in [3.05, 3.63) is 76.1 Å². The Labute approximate surface area is 170 Å². The lowest BCUT2D eigenvalue weighted by atomic mass is 10.1. The highest BCUT2D eigenvalue weighted by Gasteiger charge is 2.23. The van der Waals surface area contributed by atoms with Crippen LogP contribution < -0.4 is 15.6 Å². The van der Waals surface area contributed by atoms with Gasteiger partial charge in [-0.2, -0.15) is 0 Å². The van der Waals surface area contributed by atoms with Crippen LogP contribution in [-0.2, 0) is 4.74 Å². The van der Waals surface area contributed by atoms with Gasteiger partial charge in [0, 0.05) is 0 Å². The molecule has 1 N–H and O–H groups in total. The summed E-state index contributed by atoms with van der Waals surface area (Å²) < 4.78 is 17.3. The number of fused-ring (bicyclic) bond motifs is 3. The molecule has 0 bridgehead atoms. The lowest BCUT2D eigenvalue weighted by Crippen LogP contribution is -2.24. The maximum Gasteiger partial charge on any atom is 0.343 e. The van der Waals surface area contributed by atoms with Gasteiger partial charge in [-0.15, -0.1) is 0 Å². The number of nitrogens with zero attached hydrogens (tertiary/aromatic N) is 1. The van der Waals surface area contributed by atoms with Crippen LogP contribution >= 0.6 is 0 Å². The summed E-state index contributed by atoms with van der Waals surface area (Å²) in [6, 6.07) is 14.8. The van der Waals surface area contributed by atoms with E-state index in [4.69, 9.17) is 13.9 Å². The number of carbonyl (C=O) groups is 2. The zero-order valence-electron chi connectivity index (χ0n) is 16.3. The minimum Gasteiger partial charge on any atom is -0.496 e. The lowest BCUT2D eigenvalue weighted by Gasteiger charge is -2.10. The summed E-state index contributed by atoms with van der Waals surface area (Å²) in [6.45, 7) is 1.82. The van der Waals surface area contributed by atoms with Crippen LogP contribution in [0.2, 0.25) is 0 Å². The van der Waals surface area contributed by atoms with Gasteiger partial charge in [0.05, 0.1) is 24.8 Å². The number of pyridine rings is 1. The lowest BCUT2D eigenvalue weighted by molar-refractivity contribution is 0.0526. The summed E-state index contributed by atoms with van der Waals surface area (Å²) in [6.07, 6.45) is 0. The number of benzene rings is 2. The molecule has 2 aromatic carbocycles. The van der Waals surface area contributed by atoms with Crippen LogP contribution in [0.1, 0.15) is 27.6 Å². The van der Waals surface area contributed by atoms with Crippen LogP contribution in [0.3, 0.4) is 0 Å². The highest BCUT2D eigenvalue weighted by atomic mass is 16.5. The Hall–Kier alpha value is -4.07. The first-order valence-corrected chi connectivity index (χ1v) is 9.24. The first kappa shape index (κ1) is 19.3. The molecule has 152 valence electrons. The van der Waals surface area contributed by atoms with Crippen molar-refractivity contribution in [2.45, 2.75) is 6.92 Å². The van der Waals surface area contributed by atoms with E-state index in [-0.39, 0.29) is 29.1 Å². The average Bonchev–Trinajstić information content (AvgIpc) is 3.15. The number of aromatic nitrogens is 1. The number of anilines is 1. The summed E-state index contributed by atoms with van der Waals surface area (Å²) in [5.74, 6) is -0.857. The Kier molecular flexibility index (Phi) is 4.97. The molecule has 30 heavy (non-hydrogen) atoms. The van der Waals surface area contributed by atoms with Crippen molar-refractivity contribution < 1.29 is 23.5 Å². The largest absolute Gasteiger partial charge is 0.496 e. The number of amides is 1. The molecule has 2 heterocycles. The number of esters is 1. The standard InChI is InChI=1S/C22H18N2O6/c1-3-29-22(27)14-12-15(23-19(25)13-8-4-6-10-17(13)28-2)20(26)24-16-9-5-7-11-18(16)30-21(14)24/h4-12H,3H2,1-2H3,(H,23,25). The smallest absolute Gasteiger partial charge is 0.343 e. The van der Waals surface area contributed by atoms with Crippen molar-refractivity contribution in [3.8, 4) is 5.75 Å². The van der Waals surface area contributed by atoms with Crippen LogP contribution in [0.4, 0.5) is 5.69 Å². The number of oxazole rings is 1. The Morgan fingerprint density at radius 1 is 1.07 bits per heavy atom. The third-order valence-corrected chi connectivity index (χ3v) is 4.56. The van der Waals surface area contributed by atoms with E-state index in [0.717, 1.165) is 0 Å². The molecule has 4 aromatic rings. The zero-order chi connectivity index (χ0) is 21.3. The van der Waals surface area contributed by atoms with E-state index in [0.29, 0.717) is 16.8 Å².